The van der Waals surface area contributed by atoms with Gasteiger partial charge in [0.25, 0.3) is 0 Å². The Morgan fingerprint density at radius 3 is 2.61 bits per heavy atom. The standard InChI is InChI=1S/C15H12O3/c1-9-5-7-10(8-6-9)15-14(17)13-11(16)3-2-4-12(13)18-15/h2-8,15,17H,1H3. The van der Waals surface area contributed by atoms with Crippen LogP contribution in [0.3, 0.4) is 0 Å². The van der Waals surface area contributed by atoms with Crippen molar-refractivity contribution >= 4 is 5.78 Å². The van der Waals surface area contributed by atoms with Gasteiger partial charge in [0.05, 0.1) is 0 Å². The van der Waals surface area contributed by atoms with Crippen LogP contribution in [0.25, 0.3) is 0 Å². The molecule has 1 N–H and O–H groups in total. The highest BCUT2D eigenvalue weighted by atomic mass is 16.5. The van der Waals surface area contributed by atoms with Gasteiger partial charge in [-0.25, -0.2) is 0 Å². The van der Waals surface area contributed by atoms with Crippen LogP contribution < -0.4 is 0 Å². The van der Waals surface area contributed by atoms with Crippen LogP contribution in [0.2, 0.25) is 0 Å². The third-order valence-electron chi connectivity index (χ3n) is 3.12. The average Bonchev–Trinajstić information content (AvgIpc) is 2.69. The van der Waals surface area contributed by atoms with Crippen molar-refractivity contribution in [1.29, 1.82) is 0 Å². The van der Waals surface area contributed by atoms with E-state index in [0.29, 0.717) is 5.76 Å². The first kappa shape index (κ1) is 10.8. The molecule has 0 bridgehead atoms. The SMILES string of the molecule is Cc1ccc(C2OC3=CC=CC(=O)C3=C2O)cc1. The number of aliphatic hydroxyl groups excluding tert-OH is 1. The fraction of sp³-hybridized carbons (Fsp3) is 0.133. The Morgan fingerprint density at radius 1 is 1.22 bits per heavy atom. The van der Waals surface area contributed by atoms with Crippen LogP contribution in [-0.4, -0.2) is 10.9 Å². The second kappa shape index (κ2) is 3.88. The summed E-state index contributed by atoms with van der Waals surface area (Å²) in [4.78, 5) is 11.7. The highest BCUT2D eigenvalue weighted by Crippen LogP contribution is 2.40. The largest absolute Gasteiger partial charge is 0.507 e. The van der Waals surface area contributed by atoms with Crippen LogP contribution in [0.4, 0.5) is 0 Å². The summed E-state index contributed by atoms with van der Waals surface area (Å²) < 4.78 is 5.64. The summed E-state index contributed by atoms with van der Waals surface area (Å²) >= 11 is 0. The van der Waals surface area contributed by atoms with Crippen molar-refractivity contribution in [2.75, 3.05) is 0 Å². The van der Waals surface area contributed by atoms with E-state index in [1.165, 1.54) is 6.08 Å². The van der Waals surface area contributed by atoms with E-state index in [1.54, 1.807) is 12.2 Å². The molecule has 1 heterocycles. The Balaban J connectivity index is 2.03. The molecule has 0 spiro atoms. The minimum Gasteiger partial charge on any atom is -0.507 e. The summed E-state index contributed by atoms with van der Waals surface area (Å²) in [5, 5.41) is 10.1. The second-order valence-corrected chi connectivity index (χ2v) is 4.42. The maximum atomic E-state index is 11.7. The van der Waals surface area contributed by atoms with E-state index >= 15 is 0 Å². The van der Waals surface area contributed by atoms with Gasteiger partial charge >= 0.3 is 0 Å². The van der Waals surface area contributed by atoms with Gasteiger partial charge in [0.1, 0.15) is 11.3 Å². The predicted octanol–water partition coefficient (Wildman–Crippen LogP) is 2.90. The summed E-state index contributed by atoms with van der Waals surface area (Å²) in [6, 6.07) is 7.69. The van der Waals surface area contributed by atoms with Crippen LogP contribution in [0, 0.1) is 6.92 Å². The molecule has 0 saturated carbocycles. The molecule has 2 aliphatic rings. The molecule has 3 rings (SSSR count). The molecule has 1 atom stereocenters. The maximum Gasteiger partial charge on any atom is 0.193 e. The molecule has 18 heavy (non-hydrogen) atoms. The Morgan fingerprint density at radius 2 is 1.94 bits per heavy atom. The van der Waals surface area contributed by atoms with Crippen molar-refractivity contribution in [3.8, 4) is 0 Å². The normalized spacial score (nSPS) is 21.7. The molecular formula is C15H12O3. The average molecular weight is 240 g/mol. The molecule has 1 aliphatic carbocycles. The molecule has 1 aliphatic heterocycles. The van der Waals surface area contributed by atoms with Crippen molar-refractivity contribution in [3.63, 3.8) is 0 Å². The zero-order valence-corrected chi connectivity index (χ0v) is 9.88. The topological polar surface area (TPSA) is 46.5 Å². The summed E-state index contributed by atoms with van der Waals surface area (Å²) in [5.41, 5.74) is 2.26. The van der Waals surface area contributed by atoms with Gasteiger partial charge in [0.15, 0.2) is 17.6 Å². The van der Waals surface area contributed by atoms with Crippen molar-refractivity contribution in [1.82, 2.24) is 0 Å². The Labute approximate surface area is 105 Å². The van der Waals surface area contributed by atoms with Crippen LogP contribution in [-0.2, 0) is 9.53 Å². The van der Waals surface area contributed by atoms with Crippen molar-refractivity contribution in [2.45, 2.75) is 13.0 Å². The van der Waals surface area contributed by atoms with Crippen molar-refractivity contribution < 1.29 is 14.6 Å². The van der Waals surface area contributed by atoms with Gasteiger partial charge in [-0.2, -0.15) is 0 Å². The third-order valence-corrected chi connectivity index (χ3v) is 3.12. The van der Waals surface area contributed by atoms with Crippen LogP contribution >= 0.6 is 0 Å². The lowest BCUT2D eigenvalue weighted by Crippen LogP contribution is -2.03. The number of ketones is 1. The number of hydrogen-bond acceptors (Lipinski definition) is 3. The second-order valence-electron chi connectivity index (χ2n) is 4.42. The van der Waals surface area contributed by atoms with E-state index in [9.17, 15) is 9.90 Å². The zero-order valence-electron chi connectivity index (χ0n) is 9.88. The van der Waals surface area contributed by atoms with Gasteiger partial charge in [-0.15, -0.1) is 0 Å². The van der Waals surface area contributed by atoms with Gasteiger partial charge < -0.3 is 9.84 Å². The molecule has 1 aromatic carbocycles. The van der Waals surface area contributed by atoms with E-state index in [4.69, 9.17) is 4.74 Å². The molecule has 3 heteroatoms. The van der Waals surface area contributed by atoms with Gasteiger partial charge in [0, 0.05) is 5.56 Å². The molecule has 0 saturated heterocycles. The smallest absolute Gasteiger partial charge is 0.193 e. The predicted molar refractivity (Wildman–Crippen MR) is 66.9 cm³/mol. The number of allylic oxidation sites excluding steroid dienone is 4. The van der Waals surface area contributed by atoms with Crippen LogP contribution in [0.15, 0.2) is 59.6 Å². The van der Waals surface area contributed by atoms with Crippen molar-refractivity contribution in [3.05, 3.63) is 70.7 Å². The summed E-state index contributed by atoms with van der Waals surface area (Å²) in [5.74, 6) is 0.240. The lowest BCUT2D eigenvalue weighted by Gasteiger charge is -2.12. The van der Waals surface area contributed by atoms with Crippen LogP contribution in [0.1, 0.15) is 17.2 Å². The molecular weight excluding hydrogens is 228 g/mol. The van der Waals surface area contributed by atoms with Gasteiger partial charge in [-0.3, -0.25) is 4.79 Å². The number of aryl methyl sites for hydroxylation is 1. The molecule has 1 unspecified atom stereocenters. The monoisotopic (exact) mass is 240 g/mol. The lowest BCUT2D eigenvalue weighted by molar-refractivity contribution is -0.111. The highest BCUT2D eigenvalue weighted by Gasteiger charge is 2.36. The van der Waals surface area contributed by atoms with Gasteiger partial charge in [0.2, 0.25) is 0 Å². The van der Waals surface area contributed by atoms with Gasteiger partial charge in [-0.05, 0) is 19.1 Å². The Bertz CT molecular complexity index is 603. The fourth-order valence-electron chi connectivity index (χ4n) is 2.14. The van der Waals surface area contributed by atoms with E-state index in [2.05, 4.69) is 0 Å². The van der Waals surface area contributed by atoms with E-state index in [1.807, 2.05) is 31.2 Å². The first-order valence-electron chi connectivity index (χ1n) is 5.76. The summed E-state index contributed by atoms with van der Waals surface area (Å²) in [7, 11) is 0. The summed E-state index contributed by atoms with van der Waals surface area (Å²) in [6.07, 6.45) is 4.18. The number of fused-ring (bicyclic) bond motifs is 1. The van der Waals surface area contributed by atoms with Crippen molar-refractivity contribution in [2.24, 2.45) is 0 Å². The molecule has 1 aromatic rings. The molecule has 0 radical (unpaired) electrons. The number of ether oxygens (including phenoxy) is 1. The van der Waals surface area contributed by atoms with E-state index in [0.717, 1.165) is 11.1 Å². The number of benzene rings is 1. The molecule has 3 nitrogen and oxygen atoms in total. The third kappa shape index (κ3) is 1.56. The fourth-order valence-corrected chi connectivity index (χ4v) is 2.14. The number of rotatable bonds is 1. The maximum absolute atomic E-state index is 11.7. The minimum atomic E-state index is -0.573. The Kier molecular flexibility index (Phi) is 2.33. The van der Waals surface area contributed by atoms with Crippen LogP contribution in [0.5, 0.6) is 0 Å². The first-order chi connectivity index (χ1) is 8.66. The first-order valence-corrected chi connectivity index (χ1v) is 5.76. The molecule has 0 aromatic heterocycles. The van der Waals surface area contributed by atoms with E-state index in [-0.39, 0.29) is 17.1 Å². The quantitative estimate of drug-likeness (QED) is 0.821. The Hall–Kier alpha value is -2.29. The lowest BCUT2D eigenvalue weighted by atomic mass is 10.0. The number of aliphatic hydroxyl groups is 1. The molecule has 0 fully saturated rings. The van der Waals surface area contributed by atoms with Gasteiger partial charge in [-0.1, -0.05) is 35.9 Å². The minimum absolute atomic E-state index is 0.000506. The molecule has 90 valence electrons. The zero-order chi connectivity index (χ0) is 12.7. The van der Waals surface area contributed by atoms with E-state index < -0.39 is 6.10 Å². The number of carbonyl (C=O) groups excluding carboxylic acids is 1. The number of carbonyl (C=O) groups is 1. The summed E-state index contributed by atoms with van der Waals surface area (Å²) in [6.45, 7) is 1.99. The number of hydrogen-bond donors (Lipinski definition) is 1. The molecule has 0 amide bonds. The highest BCUT2D eigenvalue weighted by molar-refractivity contribution is 6.09.